The quantitative estimate of drug-likeness (QED) is 0.435. The standard InChI is InChI=1S/C20H26O6/c1-11-8-14(21)17(22)19(2,3)6-4-16-20(26-16)13(11)9-15(25-18(20)23)12-5-7-24-10-12/h4-7,11-16,21H,8-10H2,1-3H3. The first-order valence-electron chi connectivity index (χ1n) is 9.34. The van der Waals surface area contributed by atoms with Crippen LogP contribution in [0.4, 0.5) is 0 Å². The molecule has 7 unspecified atom stereocenters. The SMILES string of the molecule is CC1CC(O)C(=O)C(C)(C)C=CC2OC23C(=O)OC(C2C=COC2)CC13. The van der Waals surface area contributed by atoms with Crippen molar-refractivity contribution >= 4 is 11.8 Å². The smallest absolute Gasteiger partial charge is 0.342 e. The average Bonchev–Trinajstić information content (AvgIpc) is 3.03. The summed E-state index contributed by atoms with van der Waals surface area (Å²) in [6.07, 6.45) is 6.36. The van der Waals surface area contributed by atoms with Crippen LogP contribution in [0.1, 0.15) is 33.6 Å². The molecule has 0 aromatic rings. The predicted molar refractivity (Wildman–Crippen MR) is 91.9 cm³/mol. The molecule has 1 spiro atoms. The first-order chi connectivity index (χ1) is 12.3. The van der Waals surface area contributed by atoms with E-state index in [2.05, 4.69) is 0 Å². The molecule has 3 aliphatic heterocycles. The number of esters is 1. The number of hydrogen-bond acceptors (Lipinski definition) is 6. The van der Waals surface area contributed by atoms with Gasteiger partial charge in [-0.05, 0) is 38.7 Å². The maximum atomic E-state index is 12.9. The third kappa shape index (κ3) is 2.62. The fourth-order valence-electron chi connectivity index (χ4n) is 4.67. The Morgan fingerprint density at radius 3 is 2.65 bits per heavy atom. The molecule has 0 saturated carbocycles. The molecule has 7 atom stereocenters. The zero-order valence-corrected chi connectivity index (χ0v) is 15.4. The Morgan fingerprint density at radius 2 is 1.96 bits per heavy atom. The summed E-state index contributed by atoms with van der Waals surface area (Å²) in [7, 11) is 0. The first-order valence-corrected chi connectivity index (χ1v) is 9.34. The minimum absolute atomic E-state index is 0.0390. The fraction of sp³-hybridized carbons (Fsp3) is 0.700. The van der Waals surface area contributed by atoms with Crippen molar-refractivity contribution in [3.63, 3.8) is 0 Å². The van der Waals surface area contributed by atoms with Crippen LogP contribution >= 0.6 is 0 Å². The minimum Gasteiger partial charge on any atom is -0.501 e. The lowest BCUT2D eigenvalue weighted by Gasteiger charge is -2.39. The molecule has 0 radical (unpaired) electrons. The van der Waals surface area contributed by atoms with Crippen molar-refractivity contribution in [3.8, 4) is 0 Å². The lowest BCUT2D eigenvalue weighted by atomic mass is 9.69. The van der Waals surface area contributed by atoms with Gasteiger partial charge in [0, 0.05) is 11.3 Å². The van der Waals surface area contributed by atoms with Crippen molar-refractivity contribution in [1.82, 2.24) is 0 Å². The van der Waals surface area contributed by atoms with Crippen LogP contribution in [-0.4, -0.2) is 47.4 Å². The van der Waals surface area contributed by atoms with Gasteiger partial charge in [-0.15, -0.1) is 0 Å². The van der Waals surface area contributed by atoms with Gasteiger partial charge in [-0.1, -0.05) is 19.1 Å². The molecule has 6 heteroatoms. The fourth-order valence-corrected chi connectivity index (χ4v) is 4.67. The van der Waals surface area contributed by atoms with Crippen molar-refractivity contribution in [2.24, 2.45) is 23.2 Å². The number of ether oxygens (including phenoxy) is 3. The number of carbonyl (C=O) groups excluding carboxylic acids is 2. The highest BCUT2D eigenvalue weighted by Crippen LogP contribution is 2.54. The zero-order chi connectivity index (χ0) is 18.7. The zero-order valence-electron chi connectivity index (χ0n) is 15.4. The van der Waals surface area contributed by atoms with Crippen LogP contribution in [0.2, 0.25) is 0 Å². The lowest BCUT2D eigenvalue weighted by Crippen LogP contribution is -2.51. The third-order valence-corrected chi connectivity index (χ3v) is 6.40. The summed E-state index contributed by atoms with van der Waals surface area (Å²) in [5, 5.41) is 10.5. The number of aliphatic hydroxyl groups excluding tert-OH is 1. The van der Waals surface area contributed by atoms with E-state index in [0.29, 0.717) is 19.4 Å². The van der Waals surface area contributed by atoms with Crippen molar-refractivity contribution in [2.45, 2.75) is 57.5 Å². The summed E-state index contributed by atoms with van der Waals surface area (Å²) in [4.78, 5) is 25.5. The van der Waals surface area contributed by atoms with E-state index in [1.807, 2.05) is 13.0 Å². The summed E-state index contributed by atoms with van der Waals surface area (Å²) in [6, 6.07) is 0. The molecule has 1 aliphatic carbocycles. The van der Waals surface area contributed by atoms with Crippen LogP contribution in [0.25, 0.3) is 0 Å². The number of Topliss-reactive ketones (excluding diaryl/α,β-unsaturated/α-hetero) is 1. The molecule has 0 aromatic heterocycles. The van der Waals surface area contributed by atoms with E-state index in [-0.39, 0.29) is 41.7 Å². The Bertz CT molecular complexity index is 680. The molecule has 3 heterocycles. The number of carbonyl (C=O) groups is 2. The maximum absolute atomic E-state index is 12.9. The van der Waals surface area contributed by atoms with E-state index in [0.717, 1.165) is 0 Å². The van der Waals surface area contributed by atoms with Crippen molar-refractivity contribution in [2.75, 3.05) is 6.61 Å². The lowest BCUT2D eigenvalue weighted by molar-refractivity contribution is -0.173. The normalized spacial score (nSPS) is 46.8. The van der Waals surface area contributed by atoms with Gasteiger partial charge in [-0.2, -0.15) is 0 Å². The molecule has 2 saturated heterocycles. The largest absolute Gasteiger partial charge is 0.501 e. The summed E-state index contributed by atoms with van der Waals surface area (Å²) < 4.78 is 16.9. The molecule has 4 rings (SSSR count). The molecule has 0 amide bonds. The highest BCUT2D eigenvalue weighted by molar-refractivity contribution is 5.90. The van der Waals surface area contributed by atoms with E-state index in [1.165, 1.54) is 0 Å². The second-order valence-electron chi connectivity index (χ2n) is 8.62. The second-order valence-corrected chi connectivity index (χ2v) is 8.62. The van der Waals surface area contributed by atoms with E-state index >= 15 is 0 Å². The van der Waals surface area contributed by atoms with Crippen LogP contribution in [0, 0.1) is 23.2 Å². The number of hydrogen-bond donors (Lipinski definition) is 1. The Morgan fingerprint density at radius 1 is 1.19 bits per heavy atom. The third-order valence-electron chi connectivity index (χ3n) is 6.40. The topological polar surface area (TPSA) is 85.4 Å². The summed E-state index contributed by atoms with van der Waals surface area (Å²) in [6.45, 7) is 6.03. The van der Waals surface area contributed by atoms with Crippen molar-refractivity contribution < 1.29 is 28.9 Å². The second kappa shape index (κ2) is 5.92. The monoisotopic (exact) mass is 362 g/mol. The van der Waals surface area contributed by atoms with Crippen LogP contribution in [0.3, 0.4) is 0 Å². The molecule has 26 heavy (non-hydrogen) atoms. The van der Waals surface area contributed by atoms with Gasteiger partial charge in [0.1, 0.15) is 18.3 Å². The van der Waals surface area contributed by atoms with Gasteiger partial charge < -0.3 is 19.3 Å². The van der Waals surface area contributed by atoms with E-state index in [1.54, 1.807) is 32.3 Å². The molecule has 0 bridgehead atoms. The highest BCUT2D eigenvalue weighted by Gasteiger charge is 2.71. The molecule has 6 nitrogen and oxygen atoms in total. The van der Waals surface area contributed by atoms with E-state index < -0.39 is 17.1 Å². The van der Waals surface area contributed by atoms with E-state index in [9.17, 15) is 14.7 Å². The predicted octanol–water partition coefficient (Wildman–Crippen LogP) is 1.77. The number of epoxide rings is 1. The van der Waals surface area contributed by atoms with Crippen molar-refractivity contribution in [1.29, 1.82) is 0 Å². The number of ketones is 1. The van der Waals surface area contributed by atoms with E-state index in [4.69, 9.17) is 14.2 Å². The van der Waals surface area contributed by atoms with Gasteiger partial charge in [0.25, 0.3) is 0 Å². The Labute approximate surface area is 153 Å². The molecular weight excluding hydrogens is 336 g/mol. The highest BCUT2D eigenvalue weighted by atomic mass is 16.7. The van der Waals surface area contributed by atoms with Gasteiger partial charge in [-0.3, -0.25) is 4.79 Å². The van der Waals surface area contributed by atoms with Gasteiger partial charge in [0.2, 0.25) is 0 Å². The summed E-state index contributed by atoms with van der Waals surface area (Å²) in [5.41, 5.74) is -1.78. The Kier molecular flexibility index (Phi) is 4.04. The average molecular weight is 362 g/mol. The van der Waals surface area contributed by atoms with Gasteiger partial charge in [0.15, 0.2) is 11.4 Å². The van der Waals surface area contributed by atoms with Gasteiger partial charge in [0.05, 0.1) is 18.8 Å². The van der Waals surface area contributed by atoms with Gasteiger partial charge in [-0.25, -0.2) is 4.79 Å². The molecule has 4 aliphatic rings. The molecular formula is C20H26O6. The molecule has 1 N–H and O–H groups in total. The minimum atomic E-state index is -1.05. The van der Waals surface area contributed by atoms with Crippen LogP contribution in [0.5, 0.6) is 0 Å². The summed E-state index contributed by atoms with van der Waals surface area (Å²) in [5.74, 6) is -0.656. The molecule has 142 valence electrons. The van der Waals surface area contributed by atoms with Crippen LogP contribution in [-0.2, 0) is 23.8 Å². The molecule has 0 aromatic carbocycles. The number of rotatable bonds is 1. The first kappa shape index (κ1) is 17.7. The number of allylic oxidation sites excluding steroid dienone is 1. The number of aliphatic hydroxyl groups is 1. The van der Waals surface area contributed by atoms with Crippen LogP contribution < -0.4 is 0 Å². The molecule has 2 fully saturated rings. The van der Waals surface area contributed by atoms with Crippen molar-refractivity contribution in [3.05, 3.63) is 24.5 Å². The van der Waals surface area contributed by atoms with Crippen LogP contribution in [0.15, 0.2) is 24.5 Å². The Hall–Kier alpha value is -1.66. The summed E-state index contributed by atoms with van der Waals surface area (Å²) >= 11 is 0. The van der Waals surface area contributed by atoms with Gasteiger partial charge >= 0.3 is 5.97 Å². The maximum Gasteiger partial charge on any atom is 0.342 e. The Balaban J connectivity index is 1.66. The number of cyclic esters (lactones) is 1.